The van der Waals surface area contributed by atoms with Gasteiger partial charge < -0.3 is 0 Å². The molecule has 0 bridgehead atoms. The van der Waals surface area contributed by atoms with Gasteiger partial charge in [-0.15, -0.1) is 0 Å². The molecule has 0 aliphatic heterocycles. The van der Waals surface area contributed by atoms with Gasteiger partial charge in [-0.2, -0.15) is 5.10 Å². The van der Waals surface area contributed by atoms with Crippen molar-refractivity contribution < 1.29 is 0 Å². The standard InChI is InChI=1S/C5H11N5/c1-2-4(9-6)5-7-3-8-10-5/h3-4,9H,2,6H2,1H3,(H,7,8,10). The molecule has 0 aromatic carbocycles. The molecule has 10 heavy (non-hydrogen) atoms. The van der Waals surface area contributed by atoms with Crippen molar-refractivity contribution in [3.8, 4) is 0 Å². The van der Waals surface area contributed by atoms with Crippen LogP contribution in [0.25, 0.3) is 0 Å². The number of aromatic nitrogens is 3. The quantitative estimate of drug-likeness (QED) is 0.399. The van der Waals surface area contributed by atoms with Crippen LogP contribution >= 0.6 is 0 Å². The van der Waals surface area contributed by atoms with Gasteiger partial charge in [0, 0.05) is 0 Å². The molecule has 1 heterocycles. The highest BCUT2D eigenvalue weighted by atomic mass is 15.3. The largest absolute Gasteiger partial charge is 0.271 e. The molecule has 0 aliphatic rings. The third-order valence-corrected chi connectivity index (χ3v) is 1.37. The highest BCUT2D eigenvalue weighted by molar-refractivity contribution is 4.88. The van der Waals surface area contributed by atoms with E-state index < -0.39 is 0 Å². The SMILES string of the molecule is CCC(NN)c1ncn[nH]1. The van der Waals surface area contributed by atoms with Gasteiger partial charge in [0.15, 0.2) is 0 Å². The van der Waals surface area contributed by atoms with E-state index in [1.807, 2.05) is 6.92 Å². The Morgan fingerprint density at radius 1 is 1.90 bits per heavy atom. The van der Waals surface area contributed by atoms with Crippen LogP contribution in [0.1, 0.15) is 25.2 Å². The Balaban J connectivity index is 2.64. The monoisotopic (exact) mass is 141 g/mol. The summed E-state index contributed by atoms with van der Waals surface area (Å²) in [4.78, 5) is 3.95. The summed E-state index contributed by atoms with van der Waals surface area (Å²) in [6.07, 6.45) is 2.36. The molecular weight excluding hydrogens is 130 g/mol. The van der Waals surface area contributed by atoms with E-state index in [1.54, 1.807) is 0 Å². The molecule has 5 nitrogen and oxygen atoms in total. The number of nitrogens with two attached hydrogens (primary N) is 1. The smallest absolute Gasteiger partial charge is 0.142 e. The van der Waals surface area contributed by atoms with E-state index in [0.717, 1.165) is 12.2 Å². The van der Waals surface area contributed by atoms with E-state index in [9.17, 15) is 0 Å². The van der Waals surface area contributed by atoms with Gasteiger partial charge in [0.2, 0.25) is 0 Å². The Labute approximate surface area is 59.0 Å². The van der Waals surface area contributed by atoms with Crippen molar-refractivity contribution >= 4 is 0 Å². The van der Waals surface area contributed by atoms with E-state index in [4.69, 9.17) is 5.84 Å². The highest BCUT2D eigenvalue weighted by Crippen LogP contribution is 2.07. The second kappa shape index (κ2) is 3.28. The minimum absolute atomic E-state index is 0.0856. The lowest BCUT2D eigenvalue weighted by atomic mass is 10.2. The number of hydrogen-bond donors (Lipinski definition) is 3. The topological polar surface area (TPSA) is 79.6 Å². The van der Waals surface area contributed by atoms with Crippen LogP contribution in [0.4, 0.5) is 0 Å². The Bertz CT molecular complexity index is 166. The molecule has 0 radical (unpaired) electrons. The summed E-state index contributed by atoms with van der Waals surface area (Å²) in [5.74, 6) is 6.02. The lowest BCUT2D eigenvalue weighted by molar-refractivity contribution is 0.513. The molecule has 1 aromatic rings. The highest BCUT2D eigenvalue weighted by Gasteiger charge is 2.07. The molecule has 0 fully saturated rings. The molecule has 0 saturated carbocycles. The van der Waals surface area contributed by atoms with Crippen LogP contribution in [-0.2, 0) is 0 Å². The number of aromatic amines is 1. The molecule has 5 heteroatoms. The summed E-state index contributed by atoms with van der Waals surface area (Å²) in [6, 6.07) is 0.0856. The lowest BCUT2D eigenvalue weighted by Crippen LogP contribution is -2.28. The minimum atomic E-state index is 0.0856. The van der Waals surface area contributed by atoms with E-state index in [1.165, 1.54) is 6.33 Å². The van der Waals surface area contributed by atoms with Crippen LogP contribution in [-0.4, -0.2) is 15.2 Å². The molecule has 1 atom stereocenters. The summed E-state index contributed by atoms with van der Waals surface area (Å²) in [5, 5.41) is 6.44. The molecule has 0 amide bonds. The summed E-state index contributed by atoms with van der Waals surface area (Å²) in [6.45, 7) is 2.02. The van der Waals surface area contributed by atoms with E-state index in [0.29, 0.717) is 0 Å². The molecular formula is C5H11N5. The van der Waals surface area contributed by atoms with Gasteiger partial charge in [-0.05, 0) is 6.42 Å². The number of nitrogens with one attached hydrogen (secondary N) is 2. The second-order valence-electron chi connectivity index (χ2n) is 2.00. The van der Waals surface area contributed by atoms with Gasteiger partial charge in [-0.1, -0.05) is 6.92 Å². The van der Waals surface area contributed by atoms with Gasteiger partial charge >= 0.3 is 0 Å². The fourth-order valence-electron chi connectivity index (χ4n) is 0.773. The predicted molar refractivity (Wildman–Crippen MR) is 36.7 cm³/mol. The maximum absolute atomic E-state index is 5.24. The van der Waals surface area contributed by atoms with Crippen LogP contribution < -0.4 is 11.3 Å². The first-order valence-corrected chi connectivity index (χ1v) is 3.19. The zero-order chi connectivity index (χ0) is 7.40. The van der Waals surface area contributed by atoms with Crippen LogP contribution in [0.3, 0.4) is 0 Å². The van der Waals surface area contributed by atoms with Crippen LogP contribution in [0.15, 0.2) is 6.33 Å². The minimum Gasteiger partial charge on any atom is -0.271 e. The second-order valence-corrected chi connectivity index (χ2v) is 2.00. The van der Waals surface area contributed by atoms with Crippen LogP contribution in [0.5, 0.6) is 0 Å². The maximum atomic E-state index is 5.24. The van der Waals surface area contributed by atoms with Gasteiger partial charge in [-0.25, -0.2) is 10.4 Å². The molecule has 0 saturated heterocycles. The van der Waals surface area contributed by atoms with Gasteiger partial charge in [-0.3, -0.25) is 10.9 Å². The molecule has 1 aromatic heterocycles. The average Bonchev–Trinajstić information content (AvgIpc) is 2.43. The van der Waals surface area contributed by atoms with Crippen molar-refractivity contribution in [2.24, 2.45) is 5.84 Å². The van der Waals surface area contributed by atoms with Gasteiger partial charge in [0.05, 0.1) is 6.04 Å². The number of hydrogen-bond acceptors (Lipinski definition) is 4. The number of hydrazine groups is 1. The van der Waals surface area contributed by atoms with Crippen molar-refractivity contribution in [1.29, 1.82) is 0 Å². The molecule has 56 valence electrons. The summed E-state index contributed by atoms with van der Waals surface area (Å²) in [7, 11) is 0. The predicted octanol–water partition coefficient (Wildman–Crippen LogP) is -0.281. The zero-order valence-corrected chi connectivity index (χ0v) is 5.83. The third kappa shape index (κ3) is 1.31. The summed E-state index contributed by atoms with van der Waals surface area (Å²) in [5.41, 5.74) is 2.62. The maximum Gasteiger partial charge on any atom is 0.142 e. The van der Waals surface area contributed by atoms with Crippen molar-refractivity contribution in [1.82, 2.24) is 20.6 Å². The van der Waals surface area contributed by atoms with Gasteiger partial charge in [0.25, 0.3) is 0 Å². The van der Waals surface area contributed by atoms with E-state index in [-0.39, 0.29) is 6.04 Å². The van der Waals surface area contributed by atoms with Crippen LogP contribution in [0, 0.1) is 0 Å². The summed E-state index contributed by atoms with van der Waals surface area (Å²) < 4.78 is 0. The Morgan fingerprint density at radius 2 is 2.70 bits per heavy atom. The van der Waals surface area contributed by atoms with E-state index in [2.05, 4.69) is 20.6 Å². The molecule has 0 aliphatic carbocycles. The van der Waals surface area contributed by atoms with Crippen molar-refractivity contribution in [3.63, 3.8) is 0 Å². The number of rotatable bonds is 3. The average molecular weight is 141 g/mol. The zero-order valence-electron chi connectivity index (χ0n) is 5.83. The number of H-pyrrole nitrogens is 1. The molecule has 0 spiro atoms. The molecule has 4 N–H and O–H groups in total. The van der Waals surface area contributed by atoms with Crippen molar-refractivity contribution in [2.75, 3.05) is 0 Å². The fraction of sp³-hybridized carbons (Fsp3) is 0.600. The lowest BCUT2D eigenvalue weighted by Gasteiger charge is -2.07. The Kier molecular flexibility index (Phi) is 2.35. The first kappa shape index (κ1) is 7.17. The Hall–Kier alpha value is -0.940. The normalized spacial score (nSPS) is 13.4. The molecule has 1 rings (SSSR count). The first-order chi connectivity index (χ1) is 4.88. The third-order valence-electron chi connectivity index (χ3n) is 1.37. The summed E-state index contributed by atoms with van der Waals surface area (Å²) >= 11 is 0. The van der Waals surface area contributed by atoms with Crippen molar-refractivity contribution in [3.05, 3.63) is 12.2 Å². The first-order valence-electron chi connectivity index (χ1n) is 3.19. The van der Waals surface area contributed by atoms with Gasteiger partial charge in [0.1, 0.15) is 12.2 Å². The molecule has 1 unspecified atom stereocenters. The van der Waals surface area contributed by atoms with Crippen molar-refractivity contribution in [2.45, 2.75) is 19.4 Å². The number of nitrogens with zero attached hydrogens (tertiary/aromatic N) is 2. The fourth-order valence-corrected chi connectivity index (χ4v) is 0.773. The van der Waals surface area contributed by atoms with E-state index >= 15 is 0 Å². The van der Waals surface area contributed by atoms with Crippen LogP contribution in [0.2, 0.25) is 0 Å². The Morgan fingerprint density at radius 3 is 3.10 bits per heavy atom.